The largest absolute Gasteiger partial charge is 0.508 e. The van der Waals surface area contributed by atoms with E-state index in [0.29, 0.717) is 23.0 Å². The third-order valence-corrected chi connectivity index (χ3v) is 7.12. The topological polar surface area (TPSA) is 77.0 Å². The van der Waals surface area contributed by atoms with Crippen LogP contribution in [0.25, 0.3) is 0 Å². The second-order valence-corrected chi connectivity index (χ2v) is 11.7. The molecular weight excluding hydrogens is 500 g/mol. The number of phenols is 1. The third-order valence-electron chi connectivity index (χ3n) is 6.11. The van der Waals surface area contributed by atoms with Crippen LogP contribution in [0.15, 0.2) is 94.7 Å². The number of hydrogen-bond acceptors (Lipinski definition) is 5. The number of rotatable bonds is 5. The molecule has 198 valence electrons. The Labute approximate surface area is 236 Å². The van der Waals surface area contributed by atoms with E-state index in [1.807, 2.05) is 79.7 Å². The van der Waals surface area contributed by atoms with E-state index in [9.17, 15) is 10.4 Å². The standard InChI is InChI=1S/C23H21NO2S.C11H13N/c1-23(2,3)21-5-4-6-22(20(21)15-24)26-17-9-13-19(14-10-17)27-18-11-7-16(25)8-12-18;1-8(2)10-6-4-5-9(3)11(10)7-12/h4-14,25H,1-3H3;4-6,8H,1-3H3. The van der Waals surface area contributed by atoms with Gasteiger partial charge in [-0.3, -0.25) is 0 Å². The molecule has 0 aliphatic carbocycles. The number of phenolic OH excluding ortho intramolecular Hbond substituents is 1. The van der Waals surface area contributed by atoms with Gasteiger partial charge in [0.2, 0.25) is 0 Å². The molecule has 0 saturated carbocycles. The van der Waals surface area contributed by atoms with Crippen molar-refractivity contribution in [2.45, 2.75) is 62.7 Å². The second kappa shape index (κ2) is 13.1. The Morgan fingerprint density at radius 3 is 1.85 bits per heavy atom. The van der Waals surface area contributed by atoms with Crippen molar-refractivity contribution in [3.05, 3.63) is 113 Å². The SMILES string of the molecule is CC(C)(C)c1cccc(Oc2ccc(Sc3ccc(O)cc3)cc2)c1C#N.Cc1cccc(C(C)C)c1C#N. The molecule has 0 atom stereocenters. The Hall–Kier alpha value is -4.19. The lowest BCUT2D eigenvalue weighted by atomic mass is 9.84. The van der Waals surface area contributed by atoms with Crippen molar-refractivity contribution in [1.29, 1.82) is 10.5 Å². The fourth-order valence-corrected chi connectivity index (χ4v) is 4.85. The third kappa shape index (κ3) is 7.90. The first-order chi connectivity index (χ1) is 18.5. The van der Waals surface area contributed by atoms with E-state index in [0.717, 1.165) is 32.0 Å². The van der Waals surface area contributed by atoms with Crippen LogP contribution in [0.5, 0.6) is 17.2 Å². The zero-order valence-electron chi connectivity index (χ0n) is 23.3. The molecule has 39 heavy (non-hydrogen) atoms. The number of ether oxygens (including phenoxy) is 1. The van der Waals surface area contributed by atoms with Crippen molar-refractivity contribution in [2.24, 2.45) is 0 Å². The van der Waals surface area contributed by atoms with Crippen LogP contribution in [0.4, 0.5) is 0 Å². The fourth-order valence-electron chi connectivity index (χ4n) is 4.03. The van der Waals surface area contributed by atoms with Gasteiger partial charge in [-0.25, -0.2) is 0 Å². The average Bonchev–Trinajstić information content (AvgIpc) is 2.90. The Morgan fingerprint density at radius 2 is 1.33 bits per heavy atom. The number of aryl methyl sites for hydroxylation is 1. The number of hydrogen-bond donors (Lipinski definition) is 1. The van der Waals surface area contributed by atoms with Crippen LogP contribution < -0.4 is 4.74 Å². The highest BCUT2D eigenvalue weighted by atomic mass is 32.2. The lowest BCUT2D eigenvalue weighted by molar-refractivity contribution is 0.475. The summed E-state index contributed by atoms with van der Waals surface area (Å²) in [5.74, 6) is 1.95. The fraction of sp³-hybridized carbons (Fsp3) is 0.235. The summed E-state index contributed by atoms with van der Waals surface area (Å²) < 4.78 is 5.99. The average molecular weight is 535 g/mol. The molecule has 0 aliphatic rings. The molecule has 4 aromatic carbocycles. The molecule has 5 heteroatoms. The van der Waals surface area contributed by atoms with Crippen LogP contribution in [0.1, 0.15) is 68.4 Å². The molecule has 4 aromatic rings. The highest BCUT2D eigenvalue weighted by molar-refractivity contribution is 7.99. The van der Waals surface area contributed by atoms with E-state index < -0.39 is 0 Å². The summed E-state index contributed by atoms with van der Waals surface area (Å²) in [6.45, 7) is 12.4. The summed E-state index contributed by atoms with van der Waals surface area (Å²) in [6, 6.07) is 31.1. The van der Waals surface area contributed by atoms with Gasteiger partial charge in [-0.2, -0.15) is 10.5 Å². The molecule has 0 radical (unpaired) electrons. The minimum atomic E-state index is -0.130. The Bertz CT molecular complexity index is 1490. The molecule has 0 fully saturated rings. The zero-order chi connectivity index (χ0) is 28.6. The van der Waals surface area contributed by atoms with E-state index in [1.54, 1.807) is 23.9 Å². The minimum absolute atomic E-state index is 0.130. The lowest BCUT2D eigenvalue weighted by Crippen LogP contribution is -2.13. The van der Waals surface area contributed by atoms with Gasteiger partial charge in [-0.05, 0) is 89.5 Å². The lowest BCUT2D eigenvalue weighted by Gasteiger charge is -2.21. The smallest absolute Gasteiger partial charge is 0.145 e. The first-order valence-electron chi connectivity index (χ1n) is 12.8. The molecule has 0 aromatic heterocycles. The number of benzene rings is 4. The molecule has 4 rings (SSSR count). The van der Waals surface area contributed by atoms with E-state index in [1.165, 1.54) is 0 Å². The van der Waals surface area contributed by atoms with Crippen molar-refractivity contribution in [3.63, 3.8) is 0 Å². The van der Waals surface area contributed by atoms with Gasteiger partial charge in [-0.1, -0.05) is 76.7 Å². The van der Waals surface area contributed by atoms with E-state index >= 15 is 0 Å². The maximum absolute atomic E-state index is 9.62. The molecule has 0 amide bonds. The molecule has 0 saturated heterocycles. The molecular formula is C34H34N2O2S. The first kappa shape index (κ1) is 29.4. The van der Waals surface area contributed by atoms with Crippen LogP contribution in [0.3, 0.4) is 0 Å². The minimum Gasteiger partial charge on any atom is -0.508 e. The van der Waals surface area contributed by atoms with Gasteiger partial charge >= 0.3 is 0 Å². The number of nitrogens with zero attached hydrogens (tertiary/aromatic N) is 2. The van der Waals surface area contributed by atoms with Gasteiger partial charge in [0.1, 0.15) is 23.3 Å². The normalized spacial score (nSPS) is 10.7. The highest BCUT2D eigenvalue weighted by Gasteiger charge is 2.21. The molecule has 0 aliphatic heterocycles. The van der Waals surface area contributed by atoms with Crippen molar-refractivity contribution in [3.8, 4) is 29.4 Å². The van der Waals surface area contributed by atoms with Crippen molar-refractivity contribution in [2.75, 3.05) is 0 Å². The van der Waals surface area contributed by atoms with Gasteiger partial charge in [0.05, 0.1) is 17.2 Å². The van der Waals surface area contributed by atoms with Crippen molar-refractivity contribution in [1.82, 2.24) is 0 Å². The maximum atomic E-state index is 9.62. The van der Waals surface area contributed by atoms with Gasteiger partial charge < -0.3 is 9.84 Å². The monoisotopic (exact) mass is 534 g/mol. The van der Waals surface area contributed by atoms with E-state index in [4.69, 9.17) is 10.00 Å². The summed E-state index contributed by atoms with van der Waals surface area (Å²) in [6.07, 6.45) is 0. The summed E-state index contributed by atoms with van der Waals surface area (Å²) in [5.41, 5.74) is 4.48. The predicted octanol–water partition coefficient (Wildman–Crippen LogP) is 9.49. The van der Waals surface area contributed by atoms with E-state index in [-0.39, 0.29) is 11.2 Å². The summed E-state index contributed by atoms with van der Waals surface area (Å²) in [4.78, 5) is 2.11. The molecule has 0 unspecified atom stereocenters. The van der Waals surface area contributed by atoms with Crippen LogP contribution >= 0.6 is 11.8 Å². The number of nitriles is 2. The summed E-state index contributed by atoms with van der Waals surface area (Å²) in [5, 5.41) is 27.9. The molecule has 0 spiro atoms. The van der Waals surface area contributed by atoms with Gasteiger partial charge in [-0.15, -0.1) is 0 Å². The summed E-state index contributed by atoms with van der Waals surface area (Å²) >= 11 is 1.61. The van der Waals surface area contributed by atoms with Crippen molar-refractivity contribution >= 4 is 11.8 Å². The van der Waals surface area contributed by atoms with E-state index in [2.05, 4.69) is 46.8 Å². The zero-order valence-corrected chi connectivity index (χ0v) is 24.1. The Balaban J connectivity index is 0.000000293. The Morgan fingerprint density at radius 1 is 0.769 bits per heavy atom. The predicted molar refractivity (Wildman–Crippen MR) is 159 cm³/mol. The van der Waals surface area contributed by atoms with Crippen molar-refractivity contribution < 1.29 is 9.84 Å². The van der Waals surface area contributed by atoms with Gasteiger partial charge in [0.25, 0.3) is 0 Å². The van der Waals surface area contributed by atoms with Gasteiger partial charge in [0.15, 0.2) is 0 Å². The van der Waals surface area contributed by atoms with Crippen LogP contribution in [-0.4, -0.2) is 5.11 Å². The molecule has 0 heterocycles. The molecule has 4 nitrogen and oxygen atoms in total. The van der Waals surface area contributed by atoms with Gasteiger partial charge in [0, 0.05) is 9.79 Å². The first-order valence-corrected chi connectivity index (χ1v) is 13.6. The quantitative estimate of drug-likeness (QED) is 0.276. The Kier molecular flexibility index (Phi) is 9.83. The second-order valence-electron chi connectivity index (χ2n) is 10.5. The van der Waals surface area contributed by atoms with Crippen LogP contribution in [0.2, 0.25) is 0 Å². The molecule has 1 N–H and O–H groups in total. The highest BCUT2D eigenvalue weighted by Crippen LogP contribution is 2.35. The van der Waals surface area contributed by atoms with Crippen LogP contribution in [0, 0.1) is 29.6 Å². The summed E-state index contributed by atoms with van der Waals surface area (Å²) in [7, 11) is 0. The molecule has 0 bridgehead atoms. The number of aromatic hydroxyl groups is 1. The van der Waals surface area contributed by atoms with Crippen LogP contribution in [-0.2, 0) is 5.41 Å². The maximum Gasteiger partial charge on any atom is 0.145 e.